The van der Waals surface area contributed by atoms with E-state index in [9.17, 15) is 18.8 Å². The van der Waals surface area contributed by atoms with Gasteiger partial charge in [0, 0.05) is 25.8 Å². The first-order valence-electron chi connectivity index (χ1n) is 9.43. The molecule has 0 saturated carbocycles. The molecule has 1 atom stereocenters. The van der Waals surface area contributed by atoms with Crippen molar-refractivity contribution in [2.24, 2.45) is 16.0 Å². The van der Waals surface area contributed by atoms with Crippen LogP contribution in [0.4, 0.5) is 10.1 Å². The lowest BCUT2D eigenvalue weighted by Crippen LogP contribution is -2.44. The van der Waals surface area contributed by atoms with E-state index in [-0.39, 0.29) is 35.6 Å². The van der Waals surface area contributed by atoms with E-state index in [4.69, 9.17) is 0 Å². The van der Waals surface area contributed by atoms with Crippen molar-refractivity contribution in [3.63, 3.8) is 0 Å². The minimum atomic E-state index is -0.532. The number of nitrogens with one attached hydrogen (secondary N) is 2. The molecule has 1 unspecified atom stereocenters. The number of Topliss-reactive ketones (excluding diaryl/α,β-unsaturated/α-hetero) is 1. The molecule has 0 fully saturated rings. The van der Waals surface area contributed by atoms with Gasteiger partial charge in [-0.25, -0.2) is 9.82 Å². The normalized spacial score (nSPS) is 18.5. The maximum atomic E-state index is 14.1. The van der Waals surface area contributed by atoms with Crippen LogP contribution in [-0.4, -0.2) is 35.6 Å². The minimum Gasteiger partial charge on any atom is -0.324 e. The van der Waals surface area contributed by atoms with Crippen LogP contribution in [0.3, 0.4) is 0 Å². The van der Waals surface area contributed by atoms with E-state index in [1.54, 1.807) is 12.1 Å². The molecule has 148 valence electrons. The summed E-state index contributed by atoms with van der Waals surface area (Å²) in [5, 5.41) is 6.69. The van der Waals surface area contributed by atoms with E-state index in [2.05, 4.69) is 20.8 Å². The average molecular weight is 386 g/mol. The van der Waals surface area contributed by atoms with Gasteiger partial charge in [-0.05, 0) is 43.9 Å². The second kappa shape index (κ2) is 8.86. The summed E-state index contributed by atoms with van der Waals surface area (Å²) in [5.41, 5.74) is 4.75. The van der Waals surface area contributed by atoms with Gasteiger partial charge in [-0.1, -0.05) is 6.07 Å². The number of hydrogen-bond donors (Lipinski definition) is 2. The molecule has 28 heavy (non-hydrogen) atoms. The molecular weight excluding hydrogens is 363 g/mol. The molecule has 0 spiro atoms. The molecule has 0 aromatic heterocycles. The summed E-state index contributed by atoms with van der Waals surface area (Å²) in [7, 11) is 0. The lowest BCUT2D eigenvalue weighted by atomic mass is 9.88. The fourth-order valence-corrected chi connectivity index (χ4v) is 3.36. The molecule has 2 aliphatic heterocycles. The van der Waals surface area contributed by atoms with Gasteiger partial charge in [0.15, 0.2) is 0 Å². The van der Waals surface area contributed by atoms with Gasteiger partial charge in [0.05, 0.1) is 23.0 Å². The van der Waals surface area contributed by atoms with E-state index in [0.717, 1.165) is 18.4 Å². The Morgan fingerprint density at radius 2 is 2.14 bits per heavy atom. The van der Waals surface area contributed by atoms with Crippen LogP contribution in [0, 0.1) is 11.7 Å². The SMILES string of the molecule is CC(=O)CCCC(=O)Nc1cc(CC2=NNC(=O)C3CCCN=C23)ccc1F. The van der Waals surface area contributed by atoms with Crippen LogP contribution >= 0.6 is 0 Å². The van der Waals surface area contributed by atoms with Gasteiger partial charge in [-0.2, -0.15) is 5.10 Å². The van der Waals surface area contributed by atoms with Crippen molar-refractivity contribution in [2.45, 2.75) is 45.4 Å². The van der Waals surface area contributed by atoms with Crippen molar-refractivity contribution < 1.29 is 18.8 Å². The first-order valence-corrected chi connectivity index (χ1v) is 9.43. The van der Waals surface area contributed by atoms with E-state index in [1.165, 1.54) is 13.0 Å². The summed E-state index contributed by atoms with van der Waals surface area (Å²) in [5.74, 6) is -1.26. The number of anilines is 1. The second-order valence-corrected chi connectivity index (χ2v) is 7.09. The Morgan fingerprint density at radius 1 is 1.32 bits per heavy atom. The quantitative estimate of drug-likeness (QED) is 0.752. The van der Waals surface area contributed by atoms with E-state index >= 15 is 0 Å². The van der Waals surface area contributed by atoms with Gasteiger partial charge >= 0.3 is 0 Å². The van der Waals surface area contributed by atoms with Crippen molar-refractivity contribution in [3.05, 3.63) is 29.6 Å². The summed E-state index contributed by atoms with van der Waals surface area (Å²) >= 11 is 0. The molecular formula is C20H23FN4O3. The average Bonchev–Trinajstić information content (AvgIpc) is 2.66. The fraction of sp³-hybridized carbons (Fsp3) is 0.450. The maximum absolute atomic E-state index is 14.1. The summed E-state index contributed by atoms with van der Waals surface area (Å²) in [6.07, 6.45) is 2.90. The summed E-state index contributed by atoms with van der Waals surface area (Å²) in [6.45, 7) is 2.14. The lowest BCUT2D eigenvalue weighted by Gasteiger charge is -2.26. The molecule has 7 nitrogen and oxygen atoms in total. The zero-order valence-electron chi connectivity index (χ0n) is 15.8. The Kier molecular flexibility index (Phi) is 6.28. The molecule has 3 rings (SSSR count). The van der Waals surface area contributed by atoms with Crippen molar-refractivity contribution in [2.75, 3.05) is 11.9 Å². The Hall–Kier alpha value is -2.90. The highest BCUT2D eigenvalue weighted by atomic mass is 19.1. The predicted molar refractivity (Wildman–Crippen MR) is 104 cm³/mol. The van der Waals surface area contributed by atoms with E-state index in [0.29, 0.717) is 37.2 Å². The Labute approximate surface area is 162 Å². The number of carbonyl (C=O) groups excluding carboxylic acids is 3. The standard InChI is InChI=1S/C20H23FN4O3/c1-12(26)4-2-6-18(27)23-16-10-13(7-8-15(16)21)11-17-19-14(5-3-9-22-19)20(28)25-24-17/h7-8,10,14H,2-6,9,11H2,1H3,(H,23,27)(H,25,28). The molecule has 1 aromatic carbocycles. The number of benzene rings is 1. The van der Waals surface area contributed by atoms with E-state index in [1.807, 2.05) is 0 Å². The number of halogens is 1. The molecule has 2 aliphatic rings. The molecule has 2 amide bonds. The molecule has 1 aromatic rings. The van der Waals surface area contributed by atoms with Crippen molar-refractivity contribution >= 4 is 34.7 Å². The predicted octanol–water partition coefficient (Wildman–Crippen LogP) is 2.40. The number of fused-ring (bicyclic) bond motifs is 1. The number of rotatable bonds is 7. The van der Waals surface area contributed by atoms with Gasteiger partial charge in [-0.3, -0.25) is 14.6 Å². The highest BCUT2D eigenvalue weighted by Gasteiger charge is 2.33. The zero-order valence-corrected chi connectivity index (χ0v) is 15.8. The number of amides is 2. The number of carbonyl (C=O) groups is 3. The van der Waals surface area contributed by atoms with Gasteiger partial charge < -0.3 is 10.1 Å². The maximum Gasteiger partial charge on any atom is 0.249 e. The number of nitrogens with zero attached hydrogens (tertiary/aromatic N) is 2. The smallest absolute Gasteiger partial charge is 0.249 e. The molecule has 0 bridgehead atoms. The first-order chi connectivity index (χ1) is 13.4. The minimum absolute atomic E-state index is 0.0188. The molecule has 0 aliphatic carbocycles. The summed E-state index contributed by atoms with van der Waals surface area (Å²) in [6, 6.07) is 4.48. The van der Waals surface area contributed by atoms with Crippen LogP contribution < -0.4 is 10.7 Å². The molecule has 8 heteroatoms. The lowest BCUT2D eigenvalue weighted by molar-refractivity contribution is -0.123. The summed E-state index contributed by atoms with van der Waals surface area (Å²) < 4.78 is 14.1. The number of aliphatic imine (C=N–C) groups is 1. The largest absolute Gasteiger partial charge is 0.324 e. The van der Waals surface area contributed by atoms with E-state index < -0.39 is 5.82 Å². The molecule has 0 radical (unpaired) electrons. The third-order valence-electron chi connectivity index (χ3n) is 4.79. The Balaban J connectivity index is 1.69. The molecule has 2 N–H and O–H groups in total. The molecule has 2 heterocycles. The third kappa shape index (κ3) is 4.88. The highest BCUT2D eigenvalue weighted by Crippen LogP contribution is 2.22. The van der Waals surface area contributed by atoms with Crippen molar-refractivity contribution in [1.82, 2.24) is 5.43 Å². The van der Waals surface area contributed by atoms with Crippen molar-refractivity contribution in [1.29, 1.82) is 0 Å². The van der Waals surface area contributed by atoms with Gasteiger partial charge in [-0.15, -0.1) is 0 Å². The molecule has 0 saturated heterocycles. The van der Waals surface area contributed by atoms with Crippen LogP contribution in [0.5, 0.6) is 0 Å². The Bertz CT molecular complexity index is 863. The van der Waals surface area contributed by atoms with Crippen LogP contribution in [0.1, 0.15) is 44.6 Å². The van der Waals surface area contributed by atoms with Gasteiger partial charge in [0.2, 0.25) is 11.8 Å². The fourth-order valence-electron chi connectivity index (χ4n) is 3.36. The number of hydrazone groups is 1. The third-order valence-corrected chi connectivity index (χ3v) is 4.79. The number of ketones is 1. The van der Waals surface area contributed by atoms with Crippen LogP contribution in [0.2, 0.25) is 0 Å². The summed E-state index contributed by atoms with van der Waals surface area (Å²) in [4.78, 5) is 39.4. The first kappa shape index (κ1) is 19.9. The van der Waals surface area contributed by atoms with Crippen LogP contribution in [-0.2, 0) is 20.8 Å². The zero-order chi connectivity index (χ0) is 20.1. The Morgan fingerprint density at radius 3 is 2.93 bits per heavy atom. The van der Waals surface area contributed by atoms with Crippen LogP contribution in [0.25, 0.3) is 0 Å². The topological polar surface area (TPSA) is 100.0 Å². The van der Waals surface area contributed by atoms with Crippen LogP contribution in [0.15, 0.2) is 28.3 Å². The highest BCUT2D eigenvalue weighted by molar-refractivity contribution is 6.47. The second-order valence-electron chi connectivity index (χ2n) is 7.09. The monoisotopic (exact) mass is 386 g/mol. The van der Waals surface area contributed by atoms with Crippen molar-refractivity contribution in [3.8, 4) is 0 Å². The van der Waals surface area contributed by atoms with Gasteiger partial charge in [0.1, 0.15) is 11.6 Å². The van der Waals surface area contributed by atoms with Gasteiger partial charge in [0.25, 0.3) is 0 Å². The number of hydrogen-bond acceptors (Lipinski definition) is 5.